The van der Waals surface area contributed by atoms with Gasteiger partial charge in [-0.1, -0.05) is 65.1 Å². The van der Waals surface area contributed by atoms with E-state index in [1.165, 1.54) is 12.8 Å². The van der Waals surface area contributed by atoms with Gasteiger partial charge in [-0.05, 0) is 49.7 Å². The van der Waals surface area contributed by atoms with E-state index in [0.717, 1.165) is 30.0 Å². The predicted molar refractivity (Wildman–Crippen MR) is 126 cm³/mol. The molecular formula is C22H22Cl3N5O. The molecule has 1 atom stereocenters. The maximum absolute atomic E-state index is 12.0. The van der Waals surface area contributed by atoms with Gasteiger partial charge in [-0.3, -0.25) is 4.79 Å². The average molecular weight is 479 g/mol. The van der Waals surface area contributed by atoms with Gasteiger partial charge in [-0.15, -0.1) is 0 Å². The number of likely N-dealkylation sites (tertiary alicyclic amines) is 1. The first kappa shape index (κ1) is 22.2. The number of anilines is 1. The van der Waals surface area contributed by atoms with E-state index in [9.17, 15) is 4.79 Å². The van der Waals surface area contributed by atoms with E-state index < -0.39 is 3.79 Å². The van der Waals surface area contributed by atoms with Crippen molar-refractivity contribution in [1.82, 2.24) is 19.9 Å². The molecule has 0 saturated carbocycles. The number of hydrogen-bond acceptors (Lipinski definition) is 6. The lowest BCUT2D eigenvalue weighted by Gasteiger charge is -2.19. The quantitative estimate of drug-likeness (QED) is 0.386. The number of fused-ring (bicyclic) bond motifs is 1. The van der Waals surface area contributed by atoms with E-state index in [4.69, 9.17) is 34.8 Å². The monoisotopic (exact) mass is 477 g/mol. The zero-order valence-corrected chi connectivity index (χ0v) is 19.3. The highest BCUT2D eigenvalue weighted by molar-refractivity contribution is 6.66. The van der Waals surface area contributed by atoms with Crippen molar-refractivity contribution >= 4 is 57.8 Å². The molecule has 0 radical (unpaired) electrons. The Bertz CT molecular complexity index is 1100. The standard InChI is InChI=1S/C22H22Cl3N5O/c1-30-12-4-6-15(30)10-11-26-21-28-19(27-20(29-21)22(23,24)25)17-9-8-14-5-2-3-7-16(14)18(17)13-31/h2-3,5,7-9,13,15H,4,6,10-12H2,1H3,(H,26,27,28,29). The van der Waals surface area contributed by atoms with Gasteiger partial charge in [-0.25, -0.2) is 4.98 Å². The molecule has 1 saturated heterocycles. The molecule has 0 aliphatic carbocycles. The maximum atomic E-state index is 12.0. The first-order valence-electron chi connectivity index (χ1n) is 10.1. The van der Waals surface area contributed by atoms with Crippen molar-refractivity contribution in [2.24, 2.45) is 0 Å². The second-order valence-corrected chi connectivity index (χ2v) is 9.94. The van der Waals surface area contributed by atoms with Gasteiger partial charge in [-0.2, -0.15) is 9.97 Å². The lowest BCUT2D eigenvalue weighted by molar-refractivity contribution is 0.112. The van der Waals surface area contributed by atoms with Crippen LogP contribution >= 0.6 is 34.8 Å². The number of aromatic nitrogens is 3. The van der Waals surface area contributed by atoms with Crippen molar-refractivity contribution in [2.45, 2.75) is 29.1 Å². The van der Waals surface area contributed by atoms with Crippen LogP contribution in [-0.4, -0.2) is 52.3 Å². The molecule has 1 fully saturated rings. The number of hydrogen-bond donors (Lipinski definition) is 1. The van der Waals surface area contributed by atoms with E-state index in [1.807, 2.05) is 30.3 Å². The molecule has 2 aromatic carbocycles. The molecule has 9 heteroatoms. The molecule has 0 amide bonds. The minimum atomic E-state index is -1.82. The third-order valence-electron chi connectivity index (χ3n) is 5.65. The van der Waals surface area contributed by atoms with Gasteiger partial charge in [0.2, 0.25) is 9.74 Å². The zero-order valence-electron chi connectivity index (χ0n) is 17.0. The van der Waals surface area contributed by atoms with E-state index in [-0.39, 0.29) is 11.6 Å². The molecule has 31 heavy (non-hydrogen) atoms. The van der Waals surface area contributed by atoms with Crippen LogP contribution in [0.5, 0.6) is 0 Å². The fourth-order valence-electron chi connectivity index (χ4n) is 4.01. The highest BCUT2D eigenvalue weighted by Gasteiger charge is 2.29. The average Bonchev–Trinajstić information content (AvgIpc) is 3.16. The maximum Gasteiger partial charge on any atom is 0.250 e. The number of carbonyl (C=O) groups excluding carboxylic acids is 1. The van der Waals surface area contributed by atoms with Crippen molar-refractivity contribution in [3.8, 4) is 11.4 Å². The Hall–Kier alpha value is -1.99. The molecule has 2 heterocycles. The summed E-state index contributed by atoms with van der Waals surface area (Å²) in [5.74, 6) is 0.606. The van der Waals surface area contributed by atoms with Gasteiger partial charge in [0.25, 0.3) is 0 Å². The molecule has 0 spiro atoms. The number of benzene rings is 2. The van der Waals surface area contributed by atoms with Gasteiger partial charge in [0.15, 0.2) is 17.9 Å². The summed E-state index contributed by atoms with van der Waals surface area (Å²) in [5.41, 5.74) is 1.04. The predicted octanol–water partition coefficient (Wildman–Crippen LogP) is 5.23. The van der Waals surface area contributed by atoms with E-state index in [2.05, 4.69) is 32.2 Å². The van der Waals surface area contributed by atoms with Crippen LogP contribution in [0.3, 0.4) is 0 Å². The highest BCUT2D eigenvalue weighted by Crippen LogP contribution is 2.37. The summed E-state index contributed by atoms with van der Waals surface area (Å²) in [4.78, 5) is 27.5. The summed E-state index contributed by atoms with van der Waals surface area (Å²) in [6.07, 6.45) is 4.15. The van der Waals surface area contributed by atoms with Gasteiger partial charge in [0.05, 0.1) is 0 Å². The number of aldehydes is 1. The lowest BCUT2D eigenvalue weighted by atomic mass is 9.99. The molecular weight excluding hydrogens is 457 g/mol. The first-order valence-corrected chi connectivity index (χ1v) is 11.2. The normalized spacial score (nSPS) is 17.2. The number of rotatable bonds is 6. The molecule has 3 aromatic rings. The highest BCUT2D eigenvalue weighted by atomic mass is 35.6. The van der Waals surface area contributed by atoms with Gasteiger partial charge >= 0.3 is 0 Å². The van der Waals surface area contributed by atoms with Crippen LogP contribution < -0.4 is 5.32 Å². The molecule has 4 rings (SSSR count). The third kappa shape index (κ3) is 4.93. The minimum absolute atomic E-state index is 0.00740. The molecule has 1 aromatic heterocycles. The Morgan fingerprint density at radius 3 is 2.68 bits per heavy atom. The van der Waals surface area contributed by atoms with Crippen LogP contribution in [0.15, 0.2) is 36.4 Å². The van der Waals surface area contributed by atoms with Crippen LogP contribution in [0.4, 0.5) is 5.95 Å². The summed E-state index contributed by atoms with van der Waals surface area (Å²) >= 11 is 18.3. The van der Waals surface area contributed by atoms with Gasteiger partial charge < -0.3 is 10.2 Å². The van der Waals surface area contributed by atoms with Crippen molar-refractivity contribution in [2.75, 3.05) is 25.5 Å². The topological polar surface area (TPSA) is 71.0 Å². The van der Waals surface area contributed by atoms with Crippen molar-refractivity contribution < 1.29 is 4.79 Å². The zero-order chi connectivity index (χ0) is 22.0. The van der Waals surface area contributed by atoms with E-state index in [1.54, 1.807) is 6.07 Å². The second-order valence-electron chi connectivity index (χ2n) is 7.66. The second kappa shape index (κ2) is 9.25. The van der Waals surface area contributed by atoms with Crippen LogP contribution in [-0.2, 0) is 3.79 Å². The Balaban J connectivity index is 1.69. The Labute approximate surface area is 195 Å². The van der Waals surface area contributed by atoms with Crippen LogP contribution in [0, 0.1) is 0 Å². The lowest BCUT2D eigenvalue weighted by Crippen LogP contribution is -2.27. The molecule has 1 aliphatic rings. The Morgan fingerprint density at radius 1 is 1.16 bits per heavy atom. The summed E-state index contributed by atoms with van der Waals surface area (Å²) in [5, 5.41) is 4.99. The number of halogens is 3. The third-order valence-corrected chi connectivity index (χ3v) is 6.16. The summed E-state index contributed by atoms with van der Waals surface area (Å²) in [6.45, 7) is 1.80. The fraction of sp³-hybridized carbons (Fsp3) is 0.364. The number of carbonyl (C=O) groups is 1. The minimum Gasteiger partial charge on any atom is -0.354 e. The Morgan fingerprint density at radius 2 is 1.97 bits per heavy atom. The summed E-state index contributed by atoms with van der Waals surface area (Å²) < 4.78 is -1.82. The number of nitrogens with zero attached hydrogens (tertiary/aromatic N) is 4. The van der Waals surface area contributed by atoms with Crippen LogP contribution in [0.1, 0.15) is 35.4 Å². The smallest absolute Gasteiger partial charge is 0.250 e. The number of nitrogens with one attached hydrogen (secondary N) is 1. The largest absolute Gasteiger partial charge is 0.354 e. The fourth-order valence-corrected chi connectivity index (χ4v) is 4.27. The molecule has 1 aliphatic heterocycles. The van der Waals surface area contributed by atoms with Gasteiger partial charge in [0.1, 0.15) is 0 Å². The van der Waals surface area contributed by atoms with E-state index >= 15 is 0 Å². The summed E-state index contributed by atoms with van der Waals surface area (Å²) in [7, 11) is 2.14. The SMILES string of the molecule is CN1CCCC1CCNc1nc(-c2ccc3ccccc3c2C=O)nc(C(Cl)(Cl)Cl)n1. The van der Waals surface area contributed by atoms with Crippen LogP contribution in [0.2, 0.25) is 0 Å². The van der Waals surface area contributed by atoms with Gasteiger partial charge in [0, 0.05) is 23.7 Å². The van der Waals surface area contributed by atoms with Crippen molar-refractivity contribution in [3.05, 3.63) is 47.8 Å². The van der Waals surface area contributed by atoms with E-state index in [0.29, 0.717) is 29.7 Å². The van der Waals surface area contributed by atoms with Crippen LogP contribution in [0.25, 0.3) is 22.2 Å². The molecule has 1 unspecified atom stereocenters. The van der Waals surface area contributed by atoms with Crippen molar-refractivity contribution in [1.29, 1.82) is 0 Å². The molecule has 1 N–H and O–H groups in total. The summed E-state index contributed by atoms with van der Waals surface area (Å²) in [6, 6.07) is 11.9. The van der Waals surface area contributed by atoms with Crippen molar-refractivity contribution in [3.63, 3.8) is 0 Å². The number of alkyl halides is 3. The molecule has 0 bridgehead atoms. The molecule has 162 valence electrons. The first-order chi connectivity index (χ1) is 14.9. The Kier molecular flexibility index (Phi) is 6.63. The molecule has 6 nitrogen and oxygen atoms in total.